The molecule has 32 heavy (non-hydrogen) atoms. The number of hydrogen-bond acceptors (Lipinski definition) is 9. The summed E-state index contributed by atoms with van der Waals surface area (Å²) in [6.07, 6.45) is 2.61. The molecule has 0 aliphatic heterocycles. The highest BCUT2D eigenvalue weighted by molar-refractivity contribution is 7.84. The predicted octanol–water partition coefficient (Wildman–Crippen LogP) is 2.11. The Labute approximate surface area is 189 Å². The van der Waals surface area contributed by atoms with E-state index in [1.807, 2.05) is 6.07 Å². The Morgan fingerprint density at radius 3 is 2.59 bits per heavy atom. The van der Waals surface area contributed by atoms with E-state index in [0.29, 0.717) is 24.7 Å². The maximum Gasteiger partial charge on any atom is 0.333 e. The van der Waals surface area contributed by atoms with E-state index in [9.17, 15) is 13.5 Å². The second-order valence-corrected chi connectivity index (χ2v) is 10.1. The molecule has 1 aromatic heterocycles. The summed E-state index contributed by atoms with van der Waals surface area (Å²) in [4.78, 5) is 12.9. The van der Waals surface area contributed by atoms with Crippen molar-refractivity contribution in [2.24, 2.45) is 11.1 Å². The van der Waals surface area contributed by atoms with Gasteiger partial charge in [-0.15, -0.1) is 0 Å². The quantitative estimate of drug-likeness (QED) is 0.482. The summed E-state index contributed by atoms with van der Waals surface area (Å²) < 4.78 is 26.6. The molecule has 0 radical (unpaired) electrons. The van der Waals surface area contributed by atoms with Crippen LogP contribution in [0.2, 0.25) is 0 Å². The zero-order chi connectivity index (χ0) is 22.2. The third kappa shape index (κ3) is 5.52. The first-order valence-electron chi connectivity index (χ1n) is 10.3. The molecule has 1 unspecified atom stereocenters. The minimum atomic E-state index is -4.03. The van der Waals surface area contributed by atoms with Crippen LogP contribution < -0.4 is 15.8 Å². The van der Waals surface area contributed by atoms with Crippen LogP contribution in [0.25, 0.3) is 0 Å². The number of nitrogens with one attached hydrogen (secondary N) is 2. The second kappa shape index (κ2) is 9.26. The third-order valence-electron chi connectivity index (χ3n) is 6.09. The zero-order valence-electron chi connectivity index (χ0n) is 17.5. The van der Waals surface area contributed by atoms with E-state index in [2.05, 4.69) is 61.8 Å². The van der Waals surface area contributed by atoms with E-state index in [1.54, 1.807) is 0 Å². The van der Waals surface area contributed by atoms with Gasteiger partial charge in [-0.2, -0.15) is 13.4 Å². The van der Waals surface area contributed by atoms with Crippen LogP contribution in [0.3, 0.4) is 0 Å². The highest BCUT2D eigenvalue weighted by Crippen LogP contribution is 2.45. The maximum absolute atomic E-state index is 11.0. The molecule has 4 atom stereocenters. The third-order valence-corrected chi connectivity index (χ3v) is 6.56. The number of fused-ring (bicyclic) bond motifs is 1. The van der Waals surface area contributed by atoms with Gasteiger partial charge in [-0.05, 0) is 35.8 Å². The van der Waals surface area contributed by atoms with E-state index in [0.717, 1.165) is 6.42 Å². The summed E-state index contributed by atoms with van der Waals surface area (Å²) in [6.45, 7) is 4.31. The summed E-state index contributed by atoms with van der Waals surface area (Å²) in [5.74, 6) is 0.531. The van der Waals surface area contributed by atoms with Crippen LogP contribution in [-0.4, -0.2) is 47.2 Å². The summed E-state index contributed by atoms with van der Waals surface area (Å²) >= 11 is 0. The number of hydrogen-bond donors (Lipinski definition) is 4. The molecule has 2 aliphatic rings. The smallest absolute Gasteiger partial charge is 0.333 e. The van der Waals surface area contributed by atoms with E-state index in [4.69, 9.17) is 5.14 Å². The van der Waals surface area contributed by atoms with Crippen molar-refractivity contribution in [1.82, 2.24) is 15.0 Å². The van der Waals surface area contributed by atoms with Crippen molar-refractivity contribution >= 4 is 22.2 Å². The molecular formula is C21H32N6O4S. The lowest BCUT2D eigenvalue weighted by molar-refractivity contribution is 0.101. The van der Waals surface area contributed by atoms with Crippen LogP contribution in [0.15, 0.2) is 30.6 Å². The van der Waals surface area contributed by atoms with Gasteiger partial charge in [0, 0.05) is 12.0 Å². The van der Waals surface area contributed by atoms with Crippen LogP contribution in [-0.2, 0) is 19.9 Å². The molecule has 0 bridgehead atoms. The molecule has 176 valence electrons. The molecule has 10 nitrogen and oxygen atoms in total. The Kier molecular flexibility index (Phi) is 7.03. The molecule has 1 fully saturated rings. The lowest BCUT2D eigenvalue weighted by atomic mass is 9.86. The van der Waals surface area contributed by atoms with Crippen LogP contribution in [0.4, 0.5) is 11.9 Å². The first-order valence-corrected chi connectivity index (χ1v) is 11.7. The fraction of sp³-hybridized carbons (Fsp3) is 0.571. The fourth-order valence-corrected chi connectivity index (χ4v) is 5.00. The summed E-state index contributed by atoms with van der Waals surface area (Å²) in [5, 5.41) is 21.7. The SMILES string of the molecule is C.CC1(C)CC(Nc2ncnc(N[C@@H]3C[C@@H](COS(N)(=O)=O)[C@@H](O)C3)n2)c2ccccc21. The molecule has 5 N–H and O–H groups in total. The van der Waals surface area contributed by atoms with Gasteiger partial charge in [0.2, 0.25) is 11.9 Å². The predicted molar refractivity (Wildman–Crippen MR) is 122 cm³/mol. The minimum Gasteiger partial charge on any atom is -0.393 e. The second-order valence-electron chi connectivity index (χ2n) is 8.92. The lowest BCUT2D eigenvalue weighted by Crippen LogP contribution is -2.24. The van der Waals surface area contributed by atoms with Gasteiger partial charge in [-0.1, -0.05) is 45.5 Å². The van der Waals surface area contributed by atoms with E-state index >= 15 is 0 Å². The van der Waals surface area contributed by atoms with E-state index in [-0.39, 0.29) is 37.5 Å². The Morgan fingerprint density at radius 1 is 1.19 bits per heavy atom. The number of aromatic nitrogens is 3. The topological polar surface area (TPSA) is 152 Å². The Balaban J connectivity index is 0.00000289. The van der Waals surface area contributed by atoms with E-state index in [1.165, 1.54) is 17.5 Å². The average Bonchev–Trinajstić information content (AvgIpc) is 3.16. The summed E-state index contributed by atoms with van der Waals surface area (Å²) in [7, 11) is -4.03. The number of aliphatic hydroxyl groups excluding tert-OH is 1. The van der Waals surface area contributed by atoms with E-state index < -0.39 is 16.4 Å². The molecule has 1 aromatic carbocycles. The van der Waals surface area contributed by atoms with Crippen molar-refractivity contribution in [3.05, 3.63) is 41.7 Å². The molecule has 1 heterocycles. The maximum atomic E-state index is 11.0. The largest absolute Gasteiger partial charge is 0.393 e. The van der Waals surface area contributed by atoms with Crippen molar-refractivity contribution in [3.8, 4) is 0 Å². The van der Waals surface area contributed by atoms with Crippen LogP contribution in [0.5, 0.6) is 0 Å². The monoisotopic (exact) mass is 464 g/mol. The molecule has 1 saturated carbocycles. The number of nitrogens with two attached hydrogens (primary N) is 1. The Bertz CT molecular complexity index is 1050. The molecule has 2 aliphatic carbocycles. The van der Waals surface area contributed by atoms with Crippen LogP contribution in [0.1, 0.15) is 57.7 Å². The number of nitrogens with zero attached hydrogens (tertiary/aromatic N) is 3. The molecule has 2 aromatic rings. The van der Waals surface area contributed by atoms with Gasteiger partial charge in [0.05, 0.1) is 18.8 Å². The Morgan fingerprint density at radius 2 is 1.88 bits per heavy atom. The average molecular weight is 465 g/mol. The van der Waals surface area contributed by atoms with Gasteiger partial charge in [0.25, 0.3) is 0 Å². The molecule has 0 spiro atoms. The summed E-state index contributed by atoms with van der Waals surface area (Å²) in [6, 6.07) is 8.38. The molecular weight excluding hydrogens is 432 g/mol. The van der Waals surface area contributed by atoms with Crippen molar-refractivity contribution in [1.29, 1.82) is 0 Å². The first-order chi connectivity index (χ1) is 14.6. The van der Waals surface area contributed by atoms with Gasteiger partial charge in [0.1, 0.15) is 6.33 Å². The van der Waals surface area contributed by atoms with Gasteiger partial charge >= 0.3 is 10.3 Å². The molecule has 4 rings (SSSR count). The molecule has 11 heteroatoms. The Hall–Kier alpha value is -2.34. The zero-order valence-corrected chi connectivity index (χ0v) is 18.3. The van der Waals surface area contributed by atoms with Crippen molar-refractivity contribution in [2.75, 3.05) is 17.2 Å². The first kappa shape index (κ1) is 24.3. The molecule has 0 amide bonds. The minimum absolute atomic E-state index is 0. The standard InChI is InChI=1S/C20H28N6O4S.CH4/c1-20(2)9-16(14-5-3-4-6-15(14)20)25-19-23-11-22-18(26-19)24-13-7-12(17(27)8-13)10-30-31(21,28)29;/h3-6,11-13,16-17,27H,7-10H2,1-2H3,(H2,21,28,29)(H2,22,23,24,25,26);1H4/t12-,13+,16?,17-;/m0./s1. The molecule has 0 saturated heterocycles. The van der Waals surface area contributed by atoms with Crippen LogP contribution in [0, 0.1) is 5.92 Å². The highest BCUT2D eigenvalue weighted by atomic mass is 32.2. The number of aliphatic hydroxyl groups is 1. The van der Waals surface area contributed by atoms with Crippen LogP contribution >= 0.6 is 0 Å². The van der Waals surface area contributed by atoms with Crippen molar-refractivity contribution in [2.45, 2.75) is 64.1 Å². The van der Waals surface area contributed by atoms with Gasteiger partial charge in [-0.25, -0.2) is 15.1 Å². The number of benzene rings is 1. The summed E-state index contributed by atoms with van der Waals surface area (Å²) in [5.41, 5.74) is 2.64. The normalized spacial score (nSPS) is 26.2. The fourth-order valence-electron chi connectivity index (χ4n) is 4.63. The number of rotatable bonds is 7. The van der Waals surface area contributed by atoms with Crippen molar-refractivity contribution in [3.63, 3.8) is 0 Å². The lowest BCUT2D eigenvalue weighted by Gasteiger charge is -2.19. The van der Waals surface area contributed by atoms with Crippen molar-refractivity contribution < 1.29 is 17.7 Å². The van der Waals surface area contributed by atoms with Gasteiger partial charge in [-0.3, -0.25) is 4.18 Å². The van der Waals surface area contributed by atoms with Gasteiger partial charge in [0.15, 0.2) is 0 Å². The van der Waals surface area contributed by atoms with Gasteiger partial charge < -0.3 is 15.7 Å². The highest BCUT2D eigenvalue weighted by Gasteiger charge is 2.37. The number of anilines is 2.